The first kappa shape index (κ1) is 11.0. The fourth-order valence-corrected chi connectivity index (χ4v) is 1.82. The Balaban J connectivity index is 1.97. The van der Waals surface area contributed by atoms with Crippen LogP contribution in [0.3, 0.4) is 0 Å². The van der Waals surface area contributed by atoms with E-state index in [1.165, 1.54) is 0 Å². The summed E-state index contributed by atoms with van der Waals surface area (Å²) in [6.45, 7) is 0. The van der Waals surface area contributed by atoms with Gasteiger partial charge in [0.1, 0.15) is 0 Å². The van der Waals surface area contributed by atoms with Gasteiger partial charge in [0.15, 0.2) is 0 Å². The number of nitrogens with zero attached hydrogens (tertiary/aromatic N) is 3. The maximum atomic E-state index is 11.6. The van der Waals surface area contributed by atoms with Crippen molar-refractivity contribution in [2.45, 2.75) is 6.42 Å². The predicted molar refractivity (Wildman–Crippen MR) is 65.7 cm³/mol. The smallest absolute Gasteiger partial charge is 0.269 e. The van der Waals surface area contributed by atoms with Gasteiger partial charge in [0, 0.05) is 3.57 Å². The summed E-state index contributed by atoms with van der Waals surface area (Å²) in [5.74, 6) is 0.0269. The van der Waals surface area contributed by atoms with Crippen LogP contribution in [-0.4, -0.2) is 26.5 Å². The third-order valence-electron chi connectivity index (χ3n) is 1.85. The van der Waals surface area contributed by atoms with E-state index in [1.807, 2.05) is 24.3 Å². The molecule has 0 atom stereocenters. The van der Waals surface area contributed by atoms with Crippen LogP contribution in [0.15, 0.2) is 24.3 Å². The lowest BCUT2D eigenvalue weighted by Crippen LogP contribution is -2.15. The number of benzene rings is 1. The van der Waals surface area contributed by atoms with Gasteiger partial charge in [0.2, 0.25) is 5.91 Å². The summed E-state index contributed by atoms with van der Waals surface area (Å²) >= 11 is 2.20. The van der Waals surface area contributed by atoms with E-state index >= 15 is 0 Å². The molecule has 82 valence electrons. The van der Waals surface area contributed by atoms with Crippen LogP contribution >= 0.6 is 22.6 Å². The Kier molecular flexibility index (Phi) is 3.44. The minimum Gasteiger partial charge on any atom is -0.292 e. The highest BCUT2D eigenvalue weighted by Crippen LogP contribution is 2.08. The number of tetrazole rings is 1. The van der Waals surface area contributed by atoms with Gasteiger partial charge in [0.25, 0.3) is 5.95 Å². The maximum Gasteiger partial charge on any atom is 0.269 e. The van der Waals surface area contributed by atoms with Gasteiger partial charge < -0.3 is 0 Å². The van der Waals surface area contributed by atoms with Crippen molar-refractivity contribution >= 4 is 34.4 Å². The van der Waals surface area contributed by atoms with E-state index in [2.05, 4.69) is 48.5 Å². The molecule has 6 nitrogen and oxygen atoms in total. The van der Waals surface area contributed by atoms with E-state index in [0.29, 0.717) is 6.42 Å². The highest BCUT2D eigenvalue weighted by molar-refractivity contribution is 14.1. The Labute approximate surface area is 105 Å². The van der Waals surface area contributed by atoms with E-state index in [0.717, 1.165) is 9.13 Å². The molecule has 16 heavy (non-hydrogen) atoms. The molecule has 1 amide bonds. The molecule has 0 unspecified atom stereocenters. The number of rotatable bonds is 3. The highest BCUT2D eigenvalue weighted by Gasteiger charge is 2.06. The summed E-state index contributed by atoms with van der Waals surface area (Å²) in [6, 6.07) is 7.74. The largest absolute Gasteiger partial charge is 0.292 e. The van der Waals surface area contributed by atoms with Crippen molar-refractivity contribution in [3.8, 4) is 0 Å². The first-order chi connectivity index (χ1) is 7.74. The number of hydrogen-bond acceptors (Lipinski definition) is 4. The second-order valence-corrected chi connectivity index (χ2v) is 4.34. The zero-order valence-corrected chi connectivity index (χ0v) is 10.3. The van der Waals surface area contributed by atoms with Gasteiger partial charge in [-0.05, 0) is 45.5 Å². The fraction of sp³-hybridized carbons (Fsp3) is 0.111. The zero-order chi connectivity index (χ0) is 11.4. The molecule has 0 aliphatic heterocycles. The van der Waals surface area contributed by atoms with Crippen molar-refractivity contribution in [2.24, 2.45) is 0 Å². The summed E-state index contributed by atoms with van der Waals surface area (Å²) in [5.41, 5.74) is 0.952. The van der Waals surface area contributed by atoms with Gasteiger partial charge in [-0.2, -0.15) is 5.21 Å². The topological polar surface area (TPSA) is 83.6 Å². The van der Waals surface area contributed by atoms with Crippen LogP contribution in [0.4, 0.5) is 5.95 Å². The number of amides is 1. The Morgan fingerprint density at radius 2 is 2.38 bits per heavy atom. The average molecular weight is 329 g/mol. The van der Waals surface area contributed by atoms with Crippen LogP contribution in [0.2, 0.25) is 0 Å². The molecule has 1 aromatic heterocycles. The normalized spacial score (nSPS) is 10.1. The molecule has 7 heteroatoms. The molecular formula is C9H8IN5O. The van der Waals surface area contributed by atoms with E-state index in [9.17, 15) is 4.79 Å². The number of nitrogens with one attached hydrogen (secondary N) is 2. The molecule has 0 spiro atoms. The predicted octanol–water partition coefficient (Wildman–Crippen LogP) is 0.985. The molecule has 1 heterocycles. The molecule has 0 aliphatic rings. The number of anilines is 1. The van der Waals surface area contributed by atoms with E-state index in [1.54, 1.807) is 0 Å². The molecule has 0 aliphatic carbocycles. The standard InChI is InChI=1S/C9H8IN5O/c10-7-3-1-2-6(4-7)5-8(16)11-9-12-14-15-13-9/h1-4H,5H2,(H2,11,12,13,14,15,16). The minimum absolute atomic E-state index is 0.164. The Hall–Kier alpha value is -1.51. The molecular weight excluding hydrogens is 321 g/mol. The van der Waals surface area contributed by atoms with Crippen molar-refractivity contribution in [3.63, 3.8) is 0 Å². The van der Waals surface area contributed by atoms with E-state index < -0.39 is 0 Å². The van der Waals surface area contributed by atoms with Crippen LogP contribution in [0.5, 0.6) is 0 Å². The lowest BCUT2D eigenvalue weighted by molar-refractivity contribution is -0.115. The zero-order valence-electron chi connectivity index (χ0n) is 8.14. The van der Waals surface area contributed by atoms with Gasteiger partial charge in [0.05, 0.1) is 6.42 Å². The Bertz CT molecular complexity index is 484. The molecule has 0 fully saturated rings. The summed E-state index contributed by atoms with van der Waals surface area (Å²) in [6.07, 6.45) is 0.297. The molecule has 2 aromatic rings. The molecule has 2 N–H and O–H groups in total. The van der Waals surface area contributed by atoms with E-state index in [4.69, 9.17) is 0 Å². The third kappa shape index (κ3) is 2.99. The molecule has 0 saturated carbocycles. The summed E-state index contributed by atoms with van der Waals surface area (Å²) < 4.78 is 1.10. The Morgan fingerprint density at radius 1 is 1.50 bits per heavy atom. The van der Waals surface area contributed by atoms with E-state index in [-0.39, 0.29) is 11.9 Å². The molecule has 0 saturated heterocycles. The minimum atomic E-state index is -0.164. The number of hydrogen-bond donors (Lipinski definition) is 2. The Morgan fingerprint density at radius 3 is 3.06 bits per heavy atom. The number of H-pyrrole nitrogens is 1. The lowest BCUT2D eigenvalue weighted by atomic mass is 10.1. The number of halogens is 1. The van der Waals surface area contributed by atoms with Crippen LogP contribution in [0, 0.1) is 3.57 Å². The maximum absolute atomic E-state index is 11.6. The van der Waals surface area contributed by atoms with Crippen molar-refractivity contribution in [2.75, 3.05) is 5.32 Å². The monoisotopic (exact) mass is 329 g/mol. The van der Waals surface area contributed by atoms with Crippen molar-refractivity contribution in [3.05, 3.63) is 33.4 Å². The lowest BCUT2D eigenvalue weighted by Gasteiger charge is -2.01. The third-order valence-corrected chi connectivity index (χ3v) is 2.52. The summed E-state index contributed by atoms with van der Waals surface area (Å²) in [5, 5.41) is 15.4. The van der Waals surface area contributed by atoms with Crippen LogP contribution < -0.4 is 5.32 Å². The number of carbonyl (C=O) groups is 1. The van der Waals surface area contributed by atoms with Gasteiger partial charge in [-0.1, -0.05) is 17.2 Å². The van der Waals surface area contributed by atoms with Crippen molar-refractivity contribution < 1.29 is 4.79 Å². The van der Waals surface area contributed by atoms with Crippen LogP contribution in [0.25, 0.3) is 0 Å². The van der Waals surface area contributed by atoms with Gasteiger partial charge >= 0.3 is 0 Å². The summed E-state index contributed by atoms with van der Waals surface area (Å²) in [7, 11) is 0. The SMILES string of the molecule is O=C(Cc1cccc(I)c1)Nc1nn[nH]n1. The molecule has 2 rings (SSSR count). The number of aromatic nitrogens is 4. The summed E-state index contributed by atoms with van der Waals surface area (Å²) in [4.78, 5) is 11.6. The van der Waals surface area contributed by atoms with Crippen LogP contribution in [-0.2, 0) is 11.2 Å². The molecule has 1 aromatic carbocycles. The molecule has 0 radical (unpaired) electrons. The molecule has 0 bridgehead atoms. The fourth-order valence-electron chi connectivity index (χ4n) is 1.22. The highest BCUT2D eigenvalue weighted by atomic mass is 127. The van der Waals surface area contributed by atoms with Crippen molar-refractivity contribution in [1.29, 1.82) is 0 Å². The van der Waals surface area contributed by atoms with Crippen LogP contribution in [0.1, 0.15) is 5.56 Å². The first-order valence-electron chi connectivity index (χ1n) is 4.52. The number of carbonyl (C=O) groups excluding carboxylic acids is 1. The second kappa shape index (κ2) is 5.01. The van der Waals surface area contributed by atoms with Gasteiger partial charge in [-0.25, -0.2) is 0 Å². The van der Waals surface area contributed by atoms with Gasteiger partial charge in [-0.3, -0.25) is 10.1 Å². The average Bonchev–Trinajstić information content (AvgIpc) is 2.70. The number of aromatic amines is 1. The van der Waals surface area contributed by atoms with Crippen molar-refractivity contribution in [1.82, 2.24) is 20.6 Å². The quantitative estimate of drug-likeness (QED) is 0.823. The van der Waals surface area contributed by atoms with Gasteiger partial charge in [-0.15, -0.1) is 5.10 Å². The first-order valence-corrected chi connectivity index (χ1v) is 5.59. The second-order valence-electron chi connectivity index (χ2n) is 3.09.